The number of aromatic nitrogens is 3. The van der Waals surface area contributed by atoms with Gasteiger partial charge in [0.2, 0.25) is 5.91 Å². The van der Waals surface area contributed by atoms with Gasteiger partial charge in [-0.2, -0.15) is 0 Å². The van der Waals surface area contributed by atoms with Gasteiger partial charge in [0.15, 0.2) is 0 Å². The average Bonchev–Trinajstić information content (AvgIpc) is 3.30. The summed E-state index contributed by atoms with van der Waals surface area (Å²) >= 11 is 6.58. The third-order valence-electron chi connectivity index (χ3n) is 7.59. The molecule has 1 atom stereocenters. The van der Waals surface area contributed by atoms with E-state index in [1.165, 1.54) is 0 Å². The first-order valence-corrected chi connectivity index (χ1v) is 13.0. The Bertz CT molecular complexity index is 1250. The molecule has 3 saturated heterocycles. The van der Waals surface area contributed by atoms with Gasteiger partial charge in [-0.25, -0.2) is 9.97 Å². The smallest absolute Gasteiger partial charge is 0.229 e. The highest BCUT2D eigenvalue weighted by atomic mass is 35.5. The van der Waals surface area contributed by atoms with Gasteiger partial charge in [-0.15, -0.1) is 0 Å². The fourth-order valence-corrected chi connectivity index (χ4v) is 5.66. The van der Waals surface area contributed by atoms with E-state index < -0.39 is 0 Å². The predicted molar refractivity (Wildman–Crippen MR) is 138 cm³/mol. The zero-order valence-electron chi connectivity index (χ0n) is 20.2. The summed E-state index contributed by atoms with van der Waals surface area (Å²) in [7, 11) is 0. The first kappa shape index (κ1) is 23.8. The number of piperidine rings is 1. The highest BCUT2D eigenvalue weighted by Crippen LogP contribution is 2.33. The minimum absolute atomic E-state index is 0.00682. The van der Waals surface area contributed by atoms with E-state index in [4.69, 9.17) is 21.1 Å². The van der Waals surface area contributed by atoms with Gasteiger partial charge in [-0.1, -0.05) is 17.7 Å². The lowest BCUT2D eigenvalue weighted by Crippen LogP contribution is -2.66. The maximum atomic E-state index is 12.7. The van der Waals surface area contributed by atoms with Crippen molar-refractivity contribution >= 4 is 34.4 Å². The number of hydrogen-bond donors (Lipinski definition) is 2. The van der Waals surface area contributed by atoms with Crippen LogP contribution >= 0.6 is 11.6 Å². The van der Waals surface area contributed by atoms with Gasteiger partial charge in [0.25, 0.3) is 0 Å². The van der Waals surface area contributed by atoms with Gasteiger partial charge in [0.05, 0.1) is 60.3 Å². The Morgan fingerprint density at radius 2 is 2.06 bits per heavy atom. The number of hydrogen-bond acceptors (Lipinski definition) is 7. The average molecular weight is 511 g/mol. The summed E-state index contributed by atoms with van der Waals surface area (Å²) in [5.41, 5.74) is 3.72. The van der Waals surface area contributed by atoms with Crippen LogP contribution in [0.15, 0.2) is 36.8 Å². The van der Waals surface area contributed by atoms with Gasteiger partial charge < -0.3 is 24.7 Å². The Hall–Kier alpha value is -2.56. The number of pyridine rings is 1. The molecule has 2 aromatic heterocycles. The molecule has 5 heterocycles. The van der Waals surface area contributed by atoms with Crippen LogP contribution in [-0.2, 0) is 20.8 Å². The molecule has 0 aliphatic carbocycles. The lowest BCUT2D eigenvalue weighted by atomic mass is 9.94. The van der Waals surface area contributed by atoms with Crippen molar-refractivity contribution in [2.45, 2.75) is 24.9 Å². The molecule has 0 saturated carbocycles. The van der Waals surface area contributed by atoms with E-state index >= 15 is 0 Å². The first-order valence-electron chi connectivity index (χ1n) is 12.6. The van der Waals surface area contributed by atoms with Crippen LogP contribution in [0.4, 0.5) is 5.82 Å². The van der Waals surface area contributed by atoms with Crippen LogP contribution in [0.25, 0.3) is 22.2 Å². The molecule has 6 rings (SSSR count). The second-order valence-electron chi connectivity index (χ2n) is 9.97. The van der Waals surface area contributed by atoms with Crippen LogP contribution < -0.4 is 10.6 Å². The molecule has 1 amide bonds. The lowest BCUT2D eigenvalue weighted by molar-refractivity contribution is -0.166. The second-order valence-corrected chi connectivity index (χ2v) is 10.4. The van der Waals surface area contributed by atoms with Gasteiger partial charge >= 0.3 is 0 Å². The summed E-state index contributed by atoms with van der Waals surface area (Å²) in [6.07, 6.45) is 5.40. The molecular weight excluding hydrogens is 480 g/mol. The van der Waals surface area contributed by atoms with Crippen molar-refractivity contribution < 1.29 is 14.3 Å². The highest BCUT2D eigenvalue weighted by molar-refractivity contribution is 6.33. The summed E-state index contributed by atoms with van der Waals surface area (Å²) in [6, 6.07) is 8.00. The van der Waals surface area contributed by atoms with Gasteiger partial charge in [-0.3, -0.25) is 9.69 Å². The molecule has 3 aliphatic heterocycles. The van der Waals surface area contributed by atoms with Crippen molar-refractivity contribution in [1.82, 2.24) is 24.8 Å². The van der Waals surface area contributed by atoms with Crippen LogP contribution in [0.5, 0.6) is 0 Å². The van der Waals surface area contributed by atoms with Crippen LogP contribution in [0, 0.1) is 5.92 Å². The van der Waals surface area contributed by atoms with Gasteiger partial charge in [0, 0.05) is 37.9 Å². The Morgan fingerprint density at radius 3 is 2.81 bits per heavy atom. The Labute approximate surface area is 215 Å². The number of rotatable bonds is 6. The normalized spacial score (nSPS) is 22.3. The number of morpholine rings is 1. The van der Waals surface area contributed by atoms with Gasteiger partial charge in [0.1, 0.15) is 5.82 Å². The largest absolute Gasteiger partial charge is 0.379 e. The van der Waals surface area contributed by atoms with Crippen molar-refractivity contribution in [1.29, 1.82) is 0 Å². The predicted octanol–water partition coefficient (Wildman–Crippen LogP) is 2.79. The molecule has 0 radical (unpaired) electrons. The monoisotopic (exact) mass is 510 g/mol. The number of nitrogens with zero attached hydrogens (tertiary/aromatic N) is 4. The van der Waals surface area contributed by atoms with E-state index in [2.05, 4.69) is 36.1 Å². The number of carbonyl (C=O) groups is 1. The molecular formula is C26H31ClN6O3. The summed E-state index contributed by atoms with van der Waals surface area (Å²) < 4.78 is 13.4. The summed E-state index contributed by atoms with van der Waals surface area (Å²) in [5, 5.41) is 6.80. The number of amides is 1. The quantitative estimate of drug-likeness (QED) is 0.526. The van der Waals surface area contributed by atoms with E-state index in [0.29, 0.717) is 30.6 Å². The van der Waals surface area contributed by atoms with Crippen molar-refractivity contribution in [3.8, 4) is 11.1 Å². The minimum Gasteiger partial charge on any atom is -0.379 e. The van der Waals surface area contributed by atoms with E-state index in [1.807, 2.05) is 24.5 Å². The number of imidazole rings is 1. The maximum Gasteiger partial charge on any atom is 0.229 e. The molecule has 2 N–H and O–H groups in total. The van der Waals surface area contributed by atoms with Crippen LogP contribution in [0.2, 0.25) is 5.02 Å². The maximum absolute atomic E-state index is 12.7. The molecule has 3 fully saturated rings. The standard InChI is InChI=1S/C26H31ClN6O3/c27-21-13-29-24(31-25(34)19-2-1-5-28-12-19)11-20(21)18-3-4-22-23(10-18)32(17-30-22)14-26(15-36-16-26)33-6-8-35-9-7-33/h3-4,10-11,13,17,19,28H,1-2,5-9,12,14-16H2,(H,29,31,34). The minimum atomic E-state index is -0.0420. The topological polar surface area (TPSA) is 93.5 Å². The number of benzene rings is 1. The summed E-state index contributed by atoms with van der Waals surface area (Å²) in [5.74, 6) is 0.462. The molecule has 1 aromatic carbocycles. The number of halogens is 1. The highest BCUT2D eigenvalue weighted by Gasteiger charge is 2.45. The number of nitrogens with one attached hydrogen (secondary N) is 2. The van der Waals surface area contributed by atoms with Crippen molar-refractivity contribution in [3.63, 3.8) is 0 Å². The fraction of sp³-hybridized carbons (Fsp3) is 0.500. The number of anilines is 1. The van der Waals surface area contributed by atoms with Crippen LogP contribution in [0.1, 0.15) is 12.8 Å². The first-order chi connectivity index (χ1) is 17.6. The van der Waals surface area contributed by atoms with Crippen molar-refractivity contribution in [2.75, 3.05) is 57.9 Å². The number of ether oxygens (including phenoxy) is 2. The molecule has 3 aromatic rings. The van der Waals surface area contributed by atoms with E-state index in [9.17, 15) is 4.79 Å². The number of fused-ring (bicyclic) bond motifs is 1. The molecule has 1 unspecified atom stereocenters. The lowest BCUT2D eigenvalue weighted by Gasteiger charge is -2.51. The molecule has 190 valence electrons. The van der Waals surface area contributed by atoms with Crippen LogP contribution in [0.3, 0.4) is 0 Å². The zero-order chi connectivity index (χ0) is 24.5. The zero-order valence-corrected chi connectivity index (χ0v) is 21.0. The summed E-state index contributed by atoms with van der Waals surface area (Å²) in [6.45, 7) is 7.23. The molecule has 10 heteroatoms. The fourth-order valence-electron chi connectivity index (χ4n) is 5.45. The third kappa shape index (κ3) is 4.62. The van der Waals surface area contributed by atoms with Crippen molar-refractivity contribution in [3.05, 3.63) is 41.8 Å². The Morgan fingerprint density at radius 1 is 1.19 bits per heavy atom. The molecule has 0 bridgehead atoms. The Kier molecular flexibility index (Phi) is 6.66. The summed E-state index contributed by atoms with van der Waals surface area (Å²) in [4.78, 5) is 24.2. The van der Waals surface area contributed by atoms with E-state index in [-0.39, 0.29) is 17.4 Å². The van der Waals surface area contributed by atoms with Crippen LogP contribution in [-0.4, -0.2) is 83.5 Å². The molecule has 9 nitrogen and oxygen atoms in total. The second kappa shape index (κ2) is 10.1. The third-order valence-corrected chi connectivity index (χ3v) is 7.90. The van der Waals surface area contributed by atoms with Gasteiger partial charge in [-0.05, 0) is 43.1 Å². The van der Waals surface area contributed by atoms with E-state index in [1.54, 1.807) is 6.20 Å². The van der Waals surface area contributed by atoms with E-state index in [0.717, 1.165) is 74.4 Å². The molecule has 36 heavy (non-hydrogen) atoms. The molecule has 0 spiro atoms. The Balaban J connectivity index is 1.26. The number of carbonyl (C=O) groups excluding carboxylic acids is 1. The SMILES string of the molecule is O=C(Nc1cc(-c2ccc3ncn(CC4(N5CCOCC5)COC4)c3c2)c(Cl)cn1)C1CCCNC1. The molecule has 3 aliphatic rings. The van der Waals surface area contributed by atoms with Crippen molar-refractivity contribution in [2.24, 2.45) is 5.92 Å².